The van der Waals surface area contributed by atoms with Gasteiger partial charge in [0.05, 0.1) is 32.6 Å². The molecular weight excluding hydrogens is 414 g/mol. The lowest BCUT2D eigenvalue weighted by molar-refractivity contribution is 0.0953. The van der Waals surface area contributed by atoms with Gasteiger partial charge in [-0.15, -0.1) is 10.2 Å². The van der Waals surface area contributed by atoms with Crippen molar-refractivity contribution in [3.05, 3.63) is 54.1 Å². The molecule has 1 fully saturated rings. The smallest absolute Gasteiger partial charge is 0.192 e. The van der Waals surface area contributed by atoms with Crippen LogP contribution in [0.15, 0.2) is 53.7 Å². The number of ether oxygens (including phenoxy) is 3. The number of methoxy groups -OCH3 is 2. The van der Waals surface area contributed by atoms with E-state index in [1.54, 1.807) is 38.5 Å². The van der Waals surface area contributed by atoms with Crippen molar-refractivity contribution >= 4 is 17.5 Å². The Bertz CT molecular complexity index is 1010. The second-order valence-corrected chi connectivity index (χ2v) is 8.16. The van der Waals surface area contributed by atoms with Crippen molar-refractivity contribution in [2.45, 2.75) is 30.6 Å². The fraction of sp³-hybridized carbons (Fsp3) is 0.348. The van der Waals surface area contributed by atoms with Crippen LogP contribution in [-0.4, -0.2) is 53.2 Å². The van der Waals surface area contributed by atoms with Crippen LogP contribution in [-0.2, 0) is 11.3 Å². The fourth-order valence-corrected chi connectivity index (χ4v) is 4.34. The zero-order chi connectivity index (χ0) is 21.6. The molecule has 0 bridgehead atoms. The van der Waals surface area contributed by atoms with Gasteiger partial charge in [0.2, 0.25) is 0 Å². The molecule has 1 aliphatic heterocycles. The van der Waals surface area contributed by atoms with Gasteiger partial charge in [-0.05, 0) is 61.4 Å². The van der Waals surface area contributed by atoms with Crippen LogP contribution in [0.2, 0.25) is 0 Å². The standard InChI is InChI=1S/C23H25N3O4S/c1-28-18-9-5-16(6-10-18)21(27)15-31-23-25-24-22(17-7-11-19(29-2)12-8-17)26(23)14-20-4-3-13-30-20/h5-12,20H,3-4,13-15H2,1-2H3/t20-/m0/s1. The number of carbonyl (C=O) groups is 1. The van der Waals surface area contributed by atoms with E-state index in [0.29, 0.717) is 17.3 Å². The highest BCUT2D eigenvalue weighted by atomic mass is 32.2. The van der Waals surface area contributed by atoms with Gasteiger partial charge in [-0.25, -0.2) is 0 Å². The maximum atomic E-state index is 12.7. The zero-order valence-electron chi connectivity index (χ0n) is 17.6. The molecule has 4 rings (SSSR count). The van der Waals surface area contributed by atoms with E-state index < -0.39 is 0 Å². The first kappa shape index (κ1) is 21.4. The summed E-state index contributed by atoms with van der Waals surface area (Å²) in [5.41, 5.74) is 1.59. The third kappa shape index (κ3) is 5.08. The number of thioether (sulfide) groups is 1. The number of rotatable bonds is 9. The van der Waals surface area contributed by atoms with E-state index in [-0.39, 0.29) is 17.6 Å². The van der Waals surface area contributed by atoms with E-state index in [1.807, 2.05) is 24.3 Å². The Morgan fingerprint density at radius 3 is 2.35 bits per heavy atom. The third-order valence-electron chi connectivity index (χ3n) is 5.22. The predicted octanol–water partition coefficient (Wildman–Crippen LogP) is 4.12. The molecule has 1 atom stereocenters. The van der Waals surface area contributed by atoms with Gasteiger partial charge in [0.15, 0.2) is 16.8 Å². The van der Waals surface area contributed by atoms with Gasteiger partial charge in [-0.2, -0.15) is 0 Å². The lowest BCUT2D eigenvalue weighted by atomic mass is 10.1. The van der Waals surface area contributed by atoms with E-state index >= 15 is 0 Å². The molecule has 31 heavy (non-hydrogen) atoms. The lowest BCUT2D eigenvalue weighted by Gasteiger charge is -2.15. The number of hydrogen-bond donors (Lipinski definition) is 0. The van der Waals surface area contributed by atoms with Crippen molar-refractivity contribution < 1.29 is 19.0 Å². The molecule has 1 aliphatic rings. The Kier molecular flexibility index (Phi) is 6.89. The SMILES string of the molecule is COc1ccc(C(=O)CSc2nnc(-c3ccc(OC)cc3)n2C[C@@H]2CCCO2)cc1. The number of hydrogen-bond acceptors (Lipinski definition) is 7. The van der Waals surface area contributed by atoms with Crippen LogP contribution in [0.4, 0.5) is 0 Å². The van der Waals surface area contributed by atoms with Gasteiger partial charge in [0.1, 0.15) is 11.5 Å². The summed E-state index contributed by atoms with van der Waals surface area (Å²) in [6.45, 7) is 1.44. The lowest BCUT2D eigenvalue weighted by Crippen LogP contribution is -2.17. The number of Topliss-reactive ketones (excluding diaryl/α,β-unsaturated/α-hetero) is 1. The normalized spacial score (nSPS) is 15.7. The molecule has 1 saturated heterocycles. The Morgan fingerprint density at radius 1 is 1.06 bits per heavy atom. The van der Waals surface area contributed by atoms with Gasteiger partial charge in [-0.3, -0.25) is 9.36 Å². The van der Waals surface area contributed by atoms with Crippen molar-refractivity contribution in [1.29, 1.82) is 0 Å². The van der Waals surface area contributed by atoms with Crippen molar-refractivity contribution in [3.8, 4) is 22.9 Å². The highest BCUT2D eigenvalue weighted by Gasteiger charge is 2.22. The van der Waals surface area contributed by atoms with Crippen molar-refractivity contribution in [2.24, 2.45) is 0 Å². The highest BCUT2D eigenvalue weighted by Crippen LogP contribution is 2.28. The van der Waals surface area contributed by atoms with Crippen molar-refractivity contribution in [2.75, 3.05) is 26.6 Å². The summed E-state index contributed by atoms with van der Waals surface area (Å²) in [5, 5.41) is 9.52. The first-order chi connectivity index (χ1) is 15.2. The van der Waals surface area contributed by atoms with E-state index in [1.165, 1.54) is 11.8 Å². The summed E-state index contributed by atoms with van der Waals surface area (Å²) < 4.78 is 18.3. The average Bonchev–Trinajstić information content (AvgIpc) is 3.48. The second kappa shape index (κ2) is 9.98. The Labute approximate surface area is 185 Å². The van der Waals surface area contributed by atoms with Crippen LogP contribution < -0.4 is 9.47 Å². The molecule has 0 radical (unpaired) electrons. The molecule has 0 unspecified atom stereocenters. The van der Waals surface area contributed by atoms with Gasteiger partial charge < -0.3 is 14.2 Å². The Hall–Kier alpha value is -2.84. The minimum absolute atomic E-state index is 0.0327. The molecule has 7 nitrogen and oxygen atoms in total. The van der Waals surface area contributed by atoms with Crippen molar-refractivity contribution in [3.63, 3.8) is 0 Å². The minimum Gasteiger partial charge on any atom is -0.497 e. The first-order valence-corrected chi connectivity index (χ1v) is 11.2. The van der Waals surface area contributed by atoms with E-state index in [0.717, 1.165) is 42.3 Å². The maximum absolute atomic E-state index is 12.7. The van der Waals surface area contributed by atoms with Crippen LogP contribution in [0.3, 0.4) is 0 Å². The number of nitrogens with zero attached hydrogens (tertiary/aromatic N) is 3. The number of aromatic nitrogens is 3. The fourth-order valence-electron chi connectivity index (χ4n) is 3.50. The van der Waals surface area contributed by atoms with Crippen LogP contribution in [0, 0.1) is 0 Å². The van der Waals surface area contributed by atoms with Crippen LogP contribution in [0.1, 0.15) is 23.2 Å². The van der Waals surface area contributed by atoms with Crippen LogP contribution in [0.25, 0.3) is 11.4 Å². The molecule has 0 saturated carbocycles. The molecule has 2 heterocycles. The van der Waals surface area contributed by atoms with Crippen LogP contribution in [0.5, 0.6) is 11.5 Å². The summed E-state index contributed by atoms with van der Waals surface area (Å²) in [6, 6.07) is 14.9. The number of ketones is 1. The first-order valence-electron chi connectivity index (χ1n) is 10.2. The van der Waals surface area contributed by atoms with Gasteiger partial charge in [-0.1, -0.05) is 11.8 Å². The number of carbonyl (C=O) groups excluding carboxylic acids is 1. The molecule has 0 spiro atoms. The molecule has 2 aromatic carbocycles. The quantitative estimate of drug-likeness (QED) is 0.367. The summed E-state index contributed by atoms with van der Waals surface area (Å²) in [7, 11) is 3.25. The monoisotopic (exact) mass is 439 g/mol. The minimum atomic E-state index is 0.0327. The van der Waals surface area contributed by atoms with Crippen molar-refractivity contribution in [1.82, 2.24) is 14.8 Å². The zero-order valence-corrected chi connectivity index (χ0v) is 18.4. The molecule has 3 aromatic rings. The number of benzene rings is 2. The summed E-state index contributed by atoms with van der Waals surface area (Å²) in [4.78, 5) is 12.7. The third-order valence-corrected chi connectivity index (χ3v) is 6.19. The molecule has 0 aliphatic carbocycles. The predicted molar refractivity (Wildman–Crippen MR) is 119 cm³/mol. The summed E-state index contributed by atoms with van der Waals surface area (Å²) in [5.74, 6) is 2.58. The van der Waals surface area contributed by atoms with Gasteiger partial charge in [0, 0.05) is 17.7 Å². The van der Waals surface area contributed by atoms with Crippen LogP contribution >= 0.6 is 11.8 Å². The highest BCUT2D eigenvalue weighted by molar-refractivity contribution is 7.99. The van der Waals surface area contributed by atoms with E-state index in [2.05, 4.69) is 14.8 Å². The maximum Gasteiger partial charge on any atom is 0.192 e. The average molecular weight is 440 g/mol. The molecule has 8 heteroatoms. The molecule has 0 amide bonds. The van der Waals surface area contributed by atoms with E-state index in [4.69, 9.17) is 14.2 Å². The molecule has 0 N–H and O–H groups in total. The summed E-state index contributed by atoms with van der Waals surface area (Å²) in [6.07, 6.45) is 2.20. The van der Waals surface area contributed by atoms with Gasteiger partial charge in [0.25, 0.3) is 0 Å². The second-order valence-electron chi connectivity index (χ2n) is 7.22. The largest absolute Gasteiger partial charge is 0.497 e. The molecule has 162 valence electrons. The molecular formula is C23H25N3O4S. The Morgan fingerprint density at radius 2 is 1.74 bits per heavy atom. The van der Waals surface area contributed by atoms with Gasteiger partial charge >= 0.3 is 0 Å². The Balaban J connectivity index is 1.54. The molecule has 1 aromatic heterocycles. The topological polar surface area (TPSA) is 75.5 Å². The summed E-state index contributed by atoms with van der Waals surface area (Å²) >= 11 is 1.39. The van der Waals surface area contributed by atoms with E-state index in [9.17, 15) is 4.79 Å².